The van der Waals surface area contributed by atoms with Crippen LogP contribution in [0.25, 0.3) is 0 Å². The Morgan fingerprint density at radius 2 is 1.87 bits per heavy atom. The number of rotatable bonds is 1. The highest BCUT2D eigenvalue weighted by Gasteiger charge is 2.18. The van der Waals surface area contributed by atoms with E-state index in [4.69, 9.17) is 5.73 Å². The molecule has 0 amide bonds. The lowest BCUT2D eigenvalue weighted by Crippen LogP contribution is -2.07. The molecule has 1 aromatic heterocycles. The van der Waals surface area contributed by atoms with Crippen molar-refractivity contribution in [1.29, 1.82) is 0 Å². The molecule has 2 rings (SSSR count). The third-order valence-electron chi connectivity index (χ3n) is 3.04. The first kappa shape index (κ1) is 10.9. The van der Waals surface area contributed by atoms with Gasteiger partial charge in [0.05, 0.1) is 11.9 Å². The van der Waals surface area contributed by atoms with Crippen molar-refractivity contribution in [2.24, 2.45) is 0 Å². The van der Waals surface area contributed by atoms with Gasteiger partial charge in [-0.25, -0.2) is 9.97 Å². The third-order valence-corrected chi connectivity index (χ3v) is 3.42. The number of hydrogen-bond donors (Lipinski definition) is 1. The predicted octanol–water partition coefficient (Wildman–Crippen LogP) is 3.26. The molecule has 0 unspecified atom stereocenters. The maximum atomic E-state index is 5.88. The van der Waals surface area contributed by atoms with Gasteiger partial charge in [0.15, 0.2) is 0 Å². The first-order valence-corrected chi connectivity index (χ1v) is 6.34. The minimum atomic E-state index is 0.512. The number of nitrogen functional groups attached to an aromatic ring is 1. The summed E-state index contributed by atoms with van der Waals surface area (Å²) in [6, 6.07) is 0. The van der Waals surface area contributed by atoms with Crippen LogP contribution in [0.15, 0.2) is 10.8 Å². The van der Waals surface area contributed by atoms with Crippen molar-refractivity contribution in [1.82, 2.24) is 9.97 Å². The fraction of sp³-hybridized carbons (Fsp3) is 0.636. The van der Waals surface area contributed by atoms with Gasteiger partial charge >= 0.3 is 0 Å². The lowest BCUT2D eigenvalue weighted by Gasteiger charge is -2.14. The van der Waals surface area contributed by atoms with Gasteiger partial charge in [0.2, 0.25) is 0 Å². The summed E-state index contributed by atoms with van der Waals surface area (Å²) < 4.78 is 0.788. The van der Waals surface area contributed by atoms with Gasteiger partial charge in [0, 0.05) is 5.92 Å². The quantitative estimate of drug-likeness (QED) is 0.797. The van der Waals surface area contributed by atoms with Crippen molar-refractivity contribution in [3.8, 4) is 0 Å². The molecule has 0 spiro atoms. The molecule has 0 bridgehead atoms. The van der Waals surface area contributed by atoms with Crippen molar-refractivity contribution in [2.45, 2.75) is 44.4 Å². The van der Waals surface area contributed by atoms with E-state index in [1.807, 2.05) is 0 Å². The Hall–Kier alpha value is -0.640. The second kappa shape index (κ2) is 4.92. The van der Waals surface area contributed by atoms with Crippen LogP contribution in [0.3, 0.4) is 0 Å². The number of hydrogen-bond acceptors (Lipinski definition) is 3. The maximum Gasteiger partial charge on any atom is 0.145 e. The molecule has 0 radical (unpaired) electrons. The van der Waals surface area contributed by atoms with Crippen LogP contribution in [0.5, 0.6) is 0 Å². The van der Waals surface area contributed by atoms with Crippen LogP contribution in [0.4, 0.5) is 5.82 Å². The van der Waals surface area contributed by atoms with E-state index in [2.05, 4.69) is 25.9 Å². The Kier molecular flexibility index (Phi) is 3.57. The summed E-state index contributed by atoms with van der Waals surface area (Å²) in [6.45, 7) is 0. The average molecular weight is 270 g/mol. The van der Waals surface area contributed by atoms with E-state index in [1.165, 1.54) is 38.5 Å². The molecule has 0 atom stereocenters. The minimum absolute atomic E-state index is 0.512. The van der Waals surface area contributed by atoms with Crippen molar-refractivity contribution < 1.29 is 0 Å². The van der Waals surface area contributed by atoms with Gasteiger partial charge in [0.1, 0.15) is 10.4 Å². The summed E-state index contributed by atoms with van der Waals surface area (Å²) in [4.78, 5) is 8.62. The second-order valence-corrected chi connectivity index (χ2v) is 4.96. The number of aromatic nitrogens is 2. The Balaban J connectivity index is 2.22. The summed E-state index contributed by atoms with van der Waals surface area (Å²) in [5, 5.41) is 0. The van der Waals surface area contributed by atoms with Crippen LogP contribution >= 0.6 is 15.9 Å². The van der Waals surface area contributed by atoms with Crippen molar-refractivity contribution in [3.63, 3.8) is 0 Å². The monoisotopic (exact) mass is 269 g/mol. The van der Waals surface area contributed by atoms with Crippen LogP contribution in [0.1, 0.15) is 50.1 Å². The van der Waals surface area contributed by atoms with E-state index in [0.29, 0.717) is 11.7 Å². The molecule has 1 saturated carbocycles. The van der Waals surface area contributed by atoms with E-state index >= 15 is 0 Å². The molecule has 82 valence electrons. The van der Waals surface area contributed by atoms with Crippen LogP contribution in [0.2, 0.25) is 0 Å². The summed E-state index contributed by atoms with van der Waals surface area (Å²) in [5.74, 6) is 1.11. The molecule has 2 N–H and O–H groups in total. The Labute approximate surface area is 98.6 Å². The van der Waals surface area contributed by atoms with Gasteiger partial charge in [-0.2, -0.15) is 0 Å². The zero-order valence-electron chi connectivity index (χ0n) is 8.75. The molecular formula is C11H16BrN3. The molecule has 0 aliphatic heterocycles. The molecule has 0 aromatic carbocycles. The van der Waals surface area contributed by atoms with Gasteiger partial charge in [-0.15, -0.1) is 0 Å². The summed E-state index contributed by atoms with van der Waals surface area (Å²) in [5.41, 5.74) is 6.87. The largest absolute Gasteiger partial charge is 0.382 e. The van der Waals surface area contributed by atoms with Gasteiger partial charge < -0.3 is 5.73 Å². The van der Waals surface area contributed by atoms with E-state index in [1.54, 1.807) is 6.20 Å². The number of halogens is 1. The first-order valence-electron chi connectivity index (χ1n) is 5.55. The topological polar surface area (TPSA) is 51.8 Å². The van der Waals surface area contributed by atoms with Crippen molar-refractivity contribution in [2.75, 3.05) is 5.73 Å². The normalized spacial score (nSPS) is 18.7. The molecule has 1 heterocycles. The third kappa shape index (κ3) is 2.68. The smallest absolute Gasteiger partial charge is 0.145 e. The molecule has 3 nitrogen and oxygen atoms in total. The van der Waals surface area contributed by atoms with Gasteiger partial charge in [-0.3, -0.25) is 0 Å². The summed E-state index contributed by atoms with van der Waals surface area (Å²) >= 11 is 3.35. The number of nitrogens with zero attached hydrogens (tertiary/aromatic N) is 2. The van der Waals surface area contributed by atoms with Gasteiger partial charge in [-0.05, 0) is 28.8 Å². The molecular weight excluding hydrogens is 254 g/mol. The van der Waals surface area contributed by atoms with Gasteiger partial charge in [0.25, 0.3) is 0 Å². The minimum Gasteiger partial charge on any atom is -0.382 e. The Morgan fingerprint density at radius 3 is 2.53 bits per heavy atom. The lowest BCUT2D eigenvalue weighted by atomic mass is 9.96. The lowest BCUT2D eigenvalue weighted by molar-refractivity contribution is 0.576. The van der Waals surface area contributed by atoms with E-state index in [0.717, 1.165) is 10.3 Å². The molecule has 1 aliphatic carbocycles. The van der Waals surface area contributed by atoms with Crippen molar-refractivity contribution >= 4 is 21.7 Å². The predicted molar refractivity (Wildman–Crippen MR) is 64.6 cm³/mol. The zero-order chi connectivity index (χ0) is 10.7. The first-order chi connectivity index (χ1) is 7.27. The number of anilines is 1. The Morgan fingerprint density at radius 1 is 1.20 bits per heavy atom. The standard InChI is InChI=1S/C11H16BrN3/c12-9-7-14-11(13)10(15-9)8-5-3-1-2-4-6-8/h7-8H,1-6H2,(H2,13,14). The zero-order valence-corrected chi connectivity index (χ0v) is 10.3. The number of nitrogens with two attached hydrogens (primary N) is 1. The second-order valence-electron chi connectivity index (χ2n) is 4.15. The summed E-state index contributed by atoms with van der Waals surface area (Å²) in [6.07, 6.45) is 9.34. The van der Waals surface area contributed by atoms with Crippen LogP contribution in [-0.4, -0.2) is 9.97 Å². The molecule has 1 aliphatic rings. The SMILES string of the molecule is Nc1ncc(Br)nc1C1CCCCCC1. The van der Waals surface area contributed by atoms with E-state index < -0.39 is 0 Å². The van der Waals surface area contributed by atoms with Gasteiger partial charge in [-0.1, -0.05) is 25.7 Å². The summed E-state index contributed by atoms with van der Waals surface area (Å²) in [7, 11) is 0. The highest BCUT2D eigenvalue weighted by Crippen LogP contribution is 2.33. The molecule has 1 aromatic rings. The highest BCUT2D eigenvalue weighted by molar-refractivity contribution is 9.10. The fourth-order valence-electron chi connectivity index (χ4n) is 2.24. The van der Waals surface area contributed by atoms with E-state index in [-0.39, 0.29) is 0 Å². The molecule has 1 fully saturated rings. The van der Waals surface area contributed by atoms with E-state index in [9.17, 15) is 0 Å². The highest BCUT2D eigenvalue weighted by atomic mass is 79.9. The molecule has 4 heteroatoms. The molecule has 0 saturated heterocycles. The fourth-order valence-corrected chi connectivity index (χ4v) is 2.54. The van der Waals surface area contributed by atoms with Crippen LogP contribution in [-0.2, 0) is 0 Å². The van der Waals surface area contributed by atoms with Crippen molar-refractivity contribution in [3.05, 3.63) is 16.5 Å². The average Bonchev–Trinajstić information content (AvgIpc) is 2.50. The maximum absolute atomic E-state index is 5.88. The molecule has 15 heavy (non-hydrogen) atoms. The van der Waals surface area contributed by atoms with Crippen LogP contribution in [0, 0.1) is 0 Å². The van der Waals surface area contributed by atoms with Crippen LogP contribution < -0.4 is 5.73 Å². The Bertz CT molecular complexity index is 333.